The number of nitrogens with zero attached hydrogens (tertiary/aromatic N) is 9. The summed E-state index contributed by atoms with van der Waals surface area (Å²) in [7, 11) is 1.94. The molecule has 2 aliphatic heterocycles. The molecule has 4 aromatic heterocycles. The SMILES string of the molecule is CCn1cnnc1-c1cccc(N2Cc3c(cc(N(C)C(C)C)nc3CNCCNC(=O)COCCOCC(=O)N[C@H](C(=O)N3C[C@H](O)C[C@H]3C(=O)NCc3ccc(-c4scnc4C)cc3)C(C)(C)C)C2=O)n1. The van der Waals surface area contributed by atoms with Gasteiger partial charge in [0.15, 0.2) is 5.82 Å². The number of nitrogens with one attached hydrogen (secondary N) is 4. The average Bonchev–Trinajstić information content (AvgIpc) is 4.19. The van der Waals surface area contributed by atoms with Crippen LogP contribution < -0.4 is 31.1 Å². The predicted molar refractivity (Wildman–Crippen MR) is 275 cm³/mol. The van der Waals surface area contributed by atoms with Crippen LogP contribution in [0.15, 0.2) is 60.4 Å². The zero-order valence-electron chi connectivity index (χ0n) is 42.8. The van der Waals surface area contributed by atoms with Gasteiger partial charge in [0.1, 0.15) is 49.0 Å². The van der Waals surface area contributed by atoms with E-state index < -0.39 is 41.3 Å². The summed E-state index contributed by atoms with van der Waals surface area (Å²) in [6.45, 7) is 15.1. The molecule has 1 aromatic carbocycles. The first-order chi connectivity index (χ1) is 34.9. The van der Waals surface area contributed by atoms with Crippen molar-refractivity contribution in [3.05, 3.63) is 88.4 Å². The number of aromatic nitrogens is 6. The second-order valence-electron chi connectivity index (χ2n) is 19.4. The molecule has 2 aliphatic rings. The van der Waals surface area contributed by atoms with Crippen LogP contribution in [-0.2, 0) is 54.8 Å². The maximum Gasteiger partial charge on any atom is 0.260 e. The first kappa shape index (κ1) is 54.1. The molecule has 5 aromatic rings. The van der Waals surface area contributed by atoms with Gasteiger partial charge >= 0.3 is 0 Å². The number of carbonyl (C=O) groups excluding carboxylic acids is 5. The topological polar surface area (TPSA) is 251 Å². The minimum absolute atomic E-state index is 0.0100. The smallest absolute Gasteiger partial charge is 0.260 e. The number of β-amino-alcohol motifs (C(OH)–C–C–N with tert-alkyl or cyclic N) is 1. The number of hydrogen-bond acceptors (Lipinski definition) is 16. The van der Waals surface area contributed by atoms with Crippen LogP contribution in [0, 0.1) is 12.3 Å². The van der Waals surface area contributed by atoms with Crippen molar-refractivity contribution < 1.29 is 38.6 Å². The lowest BCUT2D eigenvalue weighted by molar-refractivity contribution is -0.144. The summed E-state index contributed by atoms with van der Waals surface area (Å²) in [5, 5.41) is 30.7. The molecule has 5 amide bonds. The summed E-state index contributed by atoms with van der Waals surface area (Å²) in [4.78, 5) is 87.2. The van der Waals surface area contributed by atoms with E-state index in [9.17, 15) is 29.1 Å². The number of amides is 5. The zero-order chi connectivity index (χ0) is 52.4. The highest BCUT2D eigenvalue weighted by molar-refractivity contribution is 7.13. The van der Waals surface area contributed by atoms with Gasteiger partial charge in [-0.1, -0.05) is 51.1 Å². The third-order valence-corrected chi connectivity index (χ3v) is 13.8. The van der Waals surface area contributed by atoms with E-state index in [4.69, 9.17) is 19.4 Å². The van der Waals surface area contributed by atoms with Gasteiger partial charge < -0.3 is 50.2 Å². The standard InChI is InChI=1S/C51H67N13O8S/c1-9-62-29-56-60-47(62)38-11-10-12-41(57-38)64-26-37-36(49(64)69)22-42(61(8)31(2)3)58-39(37)24-52-17-18-53-43(66)27-71-19-20-72-28-44(67)59-46(51(5,6)7)50(70)63-25-35(65)21-40(63)48(68)54-23-33-13-15-34(16-14-33)45-32(4)55-30-73-45/h10-16,22,29-31,35,40,46,52,65H,9,17-21,23-28H2,1-8H3,(H,53,66)(H,54,68)(H,59,67)/t35-,40+,46-/m1/s1. The number of likely N-dealkylation sites (tertiary alicyclic amines) is 1. The van der Waals surface area contributed by atoms with Gasteiger partial charge in [0.05, 0.1) is 53.2 Å². The van der Waals surface area contributed by atoms with Crippen LogP contribution in [0.25, 0.3) is 22.0 Å². The van der Waals surface area contributed by atoms with Crippen molar-refractivity contribution >= 4 is 52.5 Å². The van der Waals surface area contributed by atoms with E-state index in [1.165, 1.54) is 4.90 Å². The number of anilines is 2. The van der Waals surface area contributed by atoms with Crippen molar-refractivity contribution in [3.63, 3.8) is 0 Å². The lowest BCUT2D eigenvalue weighted by Gasteiger charge is -2.35. The van der Waals surface area contributed by atoms with Gasteiger partial charge in [-0.05, 0) is 62.4 Å². The normalized spacial score (nSPS) is 15.9. The Hall–Kier alpha value is -6.72. The van der Waals surface area contributed by atoms with Crippen LogP contribution in [0.2, 0.25) is 0 Å². The Labute approximate surface area is 429 Å². The molecule has 390 valence electrons. The fourth-order valence-corrected chi connectivity index (χ4v) is 9.30. The molecule has 3 atom stereocenters. The summed E-state index contributed by atoms with van der Waals surface area (Å²) < 4.78 is 12.9. The minimum Gasteiger partial charge on any atom is -0.391 e. The Morgan fingerprint density at radius 3 is 2.40 bits per heavy atom. The molecule has 21 nitrogen and oxygen atoms in total. The van der Waals surface area contributed by atoms with E-state index in [1.807, 2.05) is 72.8 Å². The van der Waals surface area contributed by atoms with Gasteiger partial charge in [0, 0.05) is 64.3 Å². The molecule has 6 heterocycles. The number of aliphatic hydroxyl groups excluding tert-OH is 1. The third kappa shape index (κ3) is 13.5. The first-order valence-electron chi connectivity index (χ1n) is 24.5. The largest absolute Gasteiger partial charge is 0.391 e. The zero-order valence-corrected chi connectivity index (χ0v) is 43.6. The fraction of sp³-hybridized carbons (Fsp3) is 0.490. The van der Waals surface area contributed by atoms with E-state index >= 15 is 0 Å². The number of carbonyl (C=O) groups is 5. The number of ether oxygens (including phenoxy) is 2. The monoisotopic (exact) mass is 1020 g/mol. The number of rotatable bonds is 23. The van der Waals surface area contributed by atoms with E-state index in [0.29, 0.717) is 61.4 Å². The predicted octanol–water partition coefficient (Wildman–Crippen LogP) is 3.24. The van der Waals surface area contributed by atoms with Crippen molar-refractivity contribution in [1.29, 1.82) is 0 Å². The molecular weight excluding hydrogens is 955 g/mol. The number of hydrogen-bond donors (Lipinski definition) is 5. The van der Waals surface area contributed by atoms with E-state index in [0.717, 1.165) is 33.0 Å². The number of benzene rings is 1. The molecule has 22 heteroatoms. The van der Waals surface area contributed by atoms with Crippen LogP contribution in [0.3, 0.4) is 0 Å². The molecular formula is C51H67N13O8S. The van der Waals surface area contributed by atoms with Crippen molar-refractivity contribution in [2.75, 3.05) is 62.9 Å². The van der Waals surface area contributed by atoms with Gasteiger partial charge in [0.25, 0.3) is 5.91 Å². The van der Waals surface area contributed by atoms with Gasteiger partial charge in [-0.15, -0.1) is 21.5 Å². The number of fused-ring (bicyclic) bond motifs is 1. The van der Waals surface area contributed by atoms with Crippen LogP contribution in [0.5, 0.6) is 0 Å². The Bertz CT molecular complexity index is 2740. The fourth-order valence-electron chi connectivity index (χ4n) is 8.49. The quantitative estimate of drug-likeness (QED) is 0.0590. The van der Waals surface area contributed by atoms with Crippen LogP contribution >= 0.6 is 11.3 Å². The second kappa shape index (κ2) is 24.3. The summed E-state index contributed by atoms with van der Waals surface area (Å²) in [6, 6.07) is 13.3. The minimum atomic E-state index is -1.02. The Morgan fingerprint density at radius 2 is 1.71 bits per heavy atom. The lowest BCUT2D eigenvalue weighted by Crippen LogP contribution is -2.58. The van der Waals surface area contributed by atoms with Crippen LogP contribution in [0.4, 0.5) is 11.6 Å². The second-order valence-corrected chi connectivity index (χ2v) is 20.3. The number of pyridine rings is 2. The first-order valence-corrected chi connectivity index (χ1v) is 25.4. The van der Waals surface area contributed by atoms with Gasteiger partial charge in [-0.25, -0.2) is 15.0 Å². The highest BCUT2D eigenvalue weighted by atomic mass is 32.1. The Kier molecular flexibility index (Phi) is 18.0. The Balaban J connectivity index is 0.818. The van der Waals surface area contributed by atoms with Crippen molar-refractivity contribution in [3.8, 4) is 22.0 Å². The summed E-state index contributed by atoms with van der Waals surface area (Å²) in [5.74, 6) is -0.147. The molecule has 73 heavy (non-hydrogen) atoms. The van der Waals surface area contributed by atoms with Crippen molar-refractivity contribution in [1.82, 2.24) is 55.9 Å². The molecule has 0 saturated carbocycles. The van der Waals surface area contributed by atoms with Gasteiger partial charge in [-0.2, -0.15) is 0 Å². The maximum atomic E-state index is 14.0. The van der Waals surface area contributed by atoms with E-state index in [-0.39, 0.29) is 63.8 Å². The number of aliphatic hydroxyl groups is 1. The third-order valence-electron chi connectivity index (χ3n) is 12.8. The number of thiazole rings is 1. The van der Waals surface area contributed by atoms with Crippen molar-refractivity contribution in [2.45, 2.75) is 105 Å². The Morgan fingerprint density at radius 1 is 0.973 bits per heavy atom. The summed E-state index contributed by atoms with van der Waals surface area (Å²) in [6.07, 6.45) is 0.818. The van der Waals surface area contributed by atoms with Gasteiger partial charge in [0.2, 0.25) is 23.6 Å². The van der Waals surface area contributed by atoms with Gasteiger partial charge in [-0.3, -0.25) is 28.9 Å². The molecule has 0 aliphatic carbocycles. The molecule has 0 bridgehead atoms. The van der Waals surface area contributed by atoms with E-state index in [2.05, 4.69) is 50.3 Å². The molecule has 7 rings (SSSR count). The van der Waals surface area contributed by atoms with Crippen LogP contribution in [-0.4, -0.2) is 147 Å². The molecule has 5 N–H and O–H groups in total. The van der Waals surface area contributed by atoms with Crippen LogP contribution in [0.1, 0.15) is 80.8 Å². The average molecular weight is 1020 g/mol. The summed E-state index contributed by atoms with van der Waals surface area (Å²) >= 11 is 1.56. The molecule has 1 saturated heterocycles. The molecule has 0 spiro atoms. The maximum absolute atomic E-state index is 14.0. The highest BCUT2D eigenvalue weighted by Crippen LogP contribution is 2.33. The molecule has 0 unspecified atom stereocenters. The lowest BCUT2D eigenvalue weighted by atomic mass is 9.85. The number of aryl methyl sites for hydroxylation is 2. The molecule has 0 radical (unpaired) electrons. The van der Waals surface area contributed by atoms with Crippen molar-refractivity contribution in [2.24, 2.45) is 5.41 Å². The summed E-state index contributed by atoms with van der Waals surface area (Å²) in [5.41, 5.74) is 6.62. The molecule has 1 fully saturated rings. The van der Waals surface area contributed by atoms with E-state index in [1.54, 1.807) is 54.9 Å². The highest BCUT2D eigenvalue weighted by Gasteiger charge is 2.44.